The summed E-state index contributed by atoms with van der Waals surface area (Å²) in [6.45, 7) is 5.62. The fraction of sp³-hybridized carbons (Fsp3) is 1.00. The van der Waals surface area contributed by atoms with Gasteiger partial charge in [0.2, 0.25) is 0 Å². The van der Waals surface area contributed by atoms with Gasteiger partial charge in [-0.25, -0.2) is 0 Å². The summed E-state index contributed by atoms with van der Waals surface area (Å²) in [7, 11) is 0. The van der Waals surface area contributed by atoms with Gasteiger partial charge in [-0.15, -0.1) is 0 Å². The lowest BCUT2D eigenvalue weighted by Gasteiger charge is -2.45. The van der Waals surface area contributed by atoms with Gasteiger partial charge in [0.1, 0.15) is 0 Å². The topological polar surface area (TPSA) is 46.2 Å². The van der Waals surface area contributed by atoms with Crippen LogP contribution in [0.4, 0.5) is 0 Å². The molecule has 2 nitrogen and oxygen atoms in total. The molecule has 1 fully saturated rings. The summed E-state index contributed by atoms with van der Waals surface area (Å²) in [5.41, 5.74) is 6.18. The zero-order valence-corrected chi connectivity index (χ0v) is 9.63. The fourth-order valence-electron chi connectivity index (χ4n) is 3.26. The summed E-state index contributed by atoms with van der Waals surface area (Å²) in [5.74, 6) is 1.42. The molecule has 84 valence electrons. The number of hydrogen-bond acceptors (Lipinski definition) is 2. The van der Waals surface area contributed by atoms with Crippen molar-refractivity contribution in [2.24, 2.45) is 23.0 Å². The van der Waals surface area contributed by atoms with Crippen LogP contribution in [0.5, 0.6) is 0 Å². The monoisotopic (exact) mass is 199 g/mol. The van der Waals surface area contributed by atoms with Crippen molar-refractivity contribution >= 4 is 0 Å². The molecule has 0 aromatic heterocycles. The maximum atomic E-state index is 9.16. The molecule has 0 aromatic carbocycles. The summed E-state index contributed by atoms with van der Waals surface area (Å²) in [4.78, 5) is 0. The van der Waals surface area contributed by atoms with E-state index in [9.17, 15) is 0 Å². The molecular weight excluding hydrogens is 174 g/mol. The van der Waals surface area contributed by atoms with Crippen molar-refractivity contribution in [2.45, 2.75) is 46.0 Å². The summed E-state index contributed by atoms with van der Waals surface area (Å²) in [6.07, 6.45) is 6.05. The van der Waals surface area contributed by atoms with Crippen LogP contribution in [0.15, 0.2) is 0 Å². The van der Waals surface area contributed by atoms with Crippen molar-refractivity contribution in [3.05, 3.63) is 0 Å². The summed E-state index contributed by atoms with van der Waals surface area (Å²) >= 11 is 0. The maximum absolute atomic E-state index is 9.16. The van der Waals surface area contributed by atoms with Crippen LogP contribution in [-0.4, -0.2) is 18.3 Å². The third-order valence-corrected chi connectivity index (χ3v) is 4.05. The highest BCUT2D eigenvalue weighted by Crippen LogP contribution is 2.46. The third-order valence-electron chi connectivity index (χ3n) is 4.05. The minimum atomic E-state index is 0.237. The predicted octanol–water partition coefficient (Wildman–Crippen LogP) is 2.16. The summed E-state index contributed by atoms with van der Waals surface area (Å²) < 4.78 is 0. The Bertz CT molecular complexity index is 166. The molecule has 2 heteroatoms. The van der Waals surface area contributed by atoms with Gasteiger partial charge in [-0.05, 0) is 43.1 Å². The Labute approximate surface area is 87.9 Å². The molecule has 0 aromatic rings. The molecule has 0 aliphatic heterocycles. The molecule has 3 N–H and O–H groups in total. The van der Waals surface area contributed by atoms with Gasteiger partial charge in [0.05, 0.1) is 0 Å². The van der Waals surface area contributed by atoms with Crippen LogP contribution in [0.1, 0.15) is 46.0 Å². The van der Waals surface area contributed by atoms with E-state index in [0.717, 1.165) is 13.0 Å². The van der Waals surface area contributed by atoms with Crippen LogP contribution in [0.3, 0.4) is 0 Å². The molecule has 0 saturated heterocycles. The first kappa shape index (κ1) is 12.0. The van der Waals surface area contributed by atoms with E-state index in [1.165, 1.54) is 25.7 Å². The lowest BCUT2D eigenvalue weighted by atomic mass is 9.61. The molecule has 0 heterocycles. The van der Waals surface area contributed by atoms with E-state index in [1.54, 1.807) is 0 Å². The number of aliphatic hydroxyl groups is 1. The smallest absolute Gasteiger partial charge is 0.0436 e. The van der Waals surface area contributed by atoms with Gasteiger partial charge in [0.25, 0.3) is 0 Å². The molecule has 2 atom stereocenters. The normalized spacial score (nSPS) is 33.6. The van der Waals surface area contributed by atoms with Gasteiger partial charge in [-0.1, -0.05) is 26.7 Å². The van der Waals surface area contributed by atoms with E-state index in [1.807, 2.05) is 0 Å². The van der Waals surface area contributed by atoms with Crippen LogP contribution < -0.4 is 5.73 Å². The van der Waals surface area contributed by atoms with Crippen LogP contribution in [-0.2, 0) is 0 Å². The molecule has 1 rings (SSSR count). The highest BCUT2D eigenvalue weighted by molar-refractivity contribution is 4.91. The first-order valence-electron chi connectivity index (χ1n) is 5.97. The second-order valence-corrected chi connectivity index (χ2v) is 5.14. The highest BCUT2D eigenvalue weighted by Gasteiger charge is 2.40. The summed E-state index contributed by atoms with van der Waals surface area (Å²) in [6, 6.07) is 0. The highest BCUT2D eigenvalue weighted by atomic mass is 16.3. The van der Waals surface area contributed by atoms with E-state index in [2.05, 4.69) is 13.8 Å². The average molecular weight is 199 g/mol. The maximum Gasteiger partial charge on any atom is 0.0436 e. The van der Waals surface area contributed by atoms with E-state index in [0.29, 0.717) is 18.4 Å². The standard InChI is InChI=1S/C12H25NO/c1-10(2)11-5-3-4-6-12(11,9-13)7-8-14/h10-11,14H,3-9,13H2,1-2H3. The Morgan fingerprint density at radius 1 is 1.43 bits per heavy atom. The van der Waals surface area contributed by atoms with Crippen molar-refractivity contribution in [1.82, 2.24) is 0 Å². The number of nitrogens with two attached hydrogens (primary N) is 1. The lowest BCUT2D eigenvalue weighted by molar-refractivity contribution is 0.0389. The molecule has 1 aliphatic carbocycles. The van der Waals surface area contributed by atoms with Gasteiger partial charge in [-0.2, -0.15) is 0 Å². The number of hydrogen-bond donors (Lipinski definition) is 2. The van der Waals surface area contributed by atoms with Gasteiger partial charge >= 0.3 is 0 Å². The van der Waals surface area contributed by atoms with Crippen LogP contribution in [0.25, 0.3) is 0 Å². The van der Waals surface area contributed by atoms with Crippen molar-refractivity contribution in [3.8, 4) is 0 Å². The van der Waals surface area contributed by atoms with Crippen molar-refractivity contribution < 1.29 is 5.11 Å². The molecule has 0 spiro atoms. The van der Waals surface area contributed by atoms with Crippen LogP contribution in [0, 0.1) is 17.3 Å². The number of rotatable bonds is 4. The van der Waals surface area contributed by atoms with E-state index in [-0.39, 0.29) is 5.41 Å². The Balaban J connectivity index is 2.75. The van der Waals surface area contributed by atoms with E-state index < -0.39 is 0 Å². The van der Waals surface area contributed by atoms with E-state index in [4.69, 9.17) is 10.8 Å². The SMILES string of the molecule is CC(C)C1CCCCC1(CN)CCO. The van der Waals surface area contributed by atoms with Gasteiger partial charge < -0.3 is 10.8 Å². The minimum absolute atomic E-state index is 0.237. The molecule has 2 unspecified atom stereocenters. The molecule has 0 radical (unpaired) electrons. The Morgan fingerprint density at radius 2 is 2.14 bits per heavy atom. The quantitative estimate of drug-likeness (QED) is 0.729. The van der Waals surface area contributed by atoms with Crippen molar-refractivity contribution in [1.29, 1.82) is 0 Å². The second kappa shape index (κ2) is 5.13. The minimum Gasteiger partial charge on any atom is -0.396 e. The molecule has 14 heavy (non-hydrogen) atoms. The predicted molar refractivity (Wildman–Crippen MR) is 60.0 cm³/mol. The second-order valence-electron chi connectivity index (χ2n) is 5.14. The molecular formula is C12H25NO. The summed E-state index contributed by atoms with van der Waals surface area (Å²) in [5, 5.41) is 9.16. The van der Waals surface area contributed by atoms with Crippen LogP contribution >= 0.6 is 0 Å². The first-order chi connectivity index (χ1) is 6.66. The Morgan fingerprint density at radius 3 is 2.64 bits per heavy atom. The van der Waals surface area contributed by atoms with Crippen molar-refractivity contribution in [3.63, 3.8) is 0 Å². The van der Waals surface area contributed by atoms with Gasteiger partial charge in [-0.3, -0.25) is 0 Å². The van der Waals surface area contributed by atoms with Gasteiger partial charge in [0.15, 0.2) is 0 Å². The number of aliphatic hydroxyl groups excluding tert-OH is 1. The Kier molecular flexibility index (Phi) is 4.39. The molecule has 0 bridgehead atoms. The van der Waals surface area contributed by atoms with E-state index >= 15 is 0 Å². The van der Waals surface area contributed by atoms with Crippen molar-refractivity contribution in [2.75, 3.05) is 13.2 Å². The molecule has 0 amide bonds. The van der Waals surface area contributed by atoms with Crippen LogP contribution in [0.2, 0.25) is 0 Å². The fourth-order valence-corrected chi connectivity index (χ4v) is 3.26. The molecule has 1 aliphatic rings. The average Bonchev–Trinajstić information content (AvgIpc) is 2.18. The molecule has 1 saturated carbocycles. The Hall–Kier alpha value is -0.0800. The zero-order chi connectivity index (χ0) is 10.6. The van der Waals surface area contributed by atoms with Gasteiger partial charge in [0, 0.05) is 6.61 Å². The first-order valence-corrected chi connectivity index (χ1v) is 5.97. The lowest BCUT2D eigenvalue weighted by Crippen LogP contribution is -2.43. The zero-order valence-electron chi connectivity index (χ0n) is 9.63. The largest absolute Gasteiger partial charge is 0.396 e. The third kappa shape index (κ3) is 2.29.